The molecule has 0 unspecified atom stereocenters. The molecule has 1 rings (SSSR count). The molecule has 0 aromatic carbocycles. The van der Waals surface area contributed by atoms with E-state index in [9.17, 15) is 4.79 Å². The van der Waals surface area contributed by atoms with Gasteiger partial charge in [0.15, 0.2) is 0 Å². The second-order valence-corrected chi connectivity index (χ2v) is 3.84. The summed E-state index contributed by atoms with van der Waals surface area (Å²) in [4.78, 5) is 10.2. The molecule has 0 spiro atoms. The van der Waals surface area contributed by atoms with Crippen LogP contribution in [0.2, 0.25) is 0 Å². The van der Waals surface area contributed by atoms with Crippen LogP contribution in [-0.2, 0) is 0 Å². The molecule has 0 radical (unpaired) electrons. The zero-order chi connectivity index (χ0) is 4.41. The average Bonchev–Trinajstić information content (AvgIpc) is 1.86. The summed E-state index contributed by atoms with van der Waals surface area (Å²) in [6, 6.07) is 0. The van der Waals surface area contributed by atoms with Crippen molar-refractivity contribution in [1.29, 1.82) is 0 Å². The van der Waals surface area contributed by atoms with E-state index in [2.05, 4.69) is 5.32 Å². The van der Waals surface area contributed by atoms with Crippen LogP contribution in [0.1, 0.15) is 0 Å². The van der Waals surface area contributed by atoms with E-state index >= 15 is 0 Å². The third-order valence-corrected chi connectivity index (χ3v) is 2.73. The van der Waals surface area contributed by atoms with Crippen molar-refractivity contribution in [2.75, 3.05) is 11.0 Å². The fourth-order valence-corrected chi connectivity index (χ4v) is 1.89. The Kier molecular flexibility index (Phi) is 1.29. The first-order valence-electron chi connectivity index (χ1n) is 1.76. The van der Waals surface area contributed by atoms with Gasteiger partial charge < -0.3 is 0 Å². The summed E-state index contributed by atoms with van der Waals surface area (Å²) in [5.41, 5.74) is 0. The maximum atomic E-state index is 10.2. The van der Waals surface area contributed by atoms with Gasteiger partial charge in [0.25, 0.3) is 0 Å². The number of rotatable bonds is 0. The molecule has 6 heavy (non-hydrogen) atoms. The molecule has 1 N–H and O–H groups in total. The predicted octanol–water partition coefficient (Wildman–Crippen LogP) is -3.20. The first kappa shape index (κ1) is 4.36. The van der Waals surface area contributed by atoms with Crippen LogP contribution in [0.15, 0.2) is 0 Å². The molecule has 0 bridgehead atoms. The second-order valence-electron chi connectivity index (χ2n) is 1.02. The monoisotopic (exact) mass is 198 g/mol. The number of alkyl halides is 1. The van der Waals surface area contributed by atoms with Crippen molar-refractivity contribution in [2.24, 2.45) is 0 Å². The van der Waals surface area contributed by atoms with Gasteiger partial charge in [-0.2, -0.15) is 0 Å². The maximum absolute atomic E-state index is 10.2. The molecule has 1 aliphatic rings. The third-order valence-electron chi connectivity index (χ3n) is 0.574. The van der Waals surface area contributed by atoms with Gasteiger partial charge in [0.2, 0.25) is 0 Å². The van der Waals surface area contributed by atoms with Crippen LogP contribution < -0.4 is 26.5 Å². The second kappa shape index (κ2) is 1.77. The van der Waals surface area contributed by atoms with Crippen molar-refractivity contribution >= 4 is 3.91 Å². The van der Waals surface area contributed by atoms with E-state index in [0.29, 0.717) is 3.91 Å². The SMILES string of the molecule is O=C1NCC[I-]1. The zero-order valence-electron chi connectivity index (χ0n) is 3.20. The summed E-state index contributed by atoms with van der Waals surface area (Å²) in [5.74, 6) is 0. The minimum absolute atomic E-state index is 0.0706. The van der Waals surface area contributed by atoms with Gasteiger partial charge in [-0.05, 0) is 0 Å². The quantitative estimate of drug-likeness (QED) is 0.189. The van der Waals surface area contributed by atoms with Crippen molar-refractivity contribution in [3.8, 4) is 0 Å². The number of carbonyl (C=O) groups is 1. The number of amides is 1. The fraction of sp³-hybridized carbons (Fsp3) is 0.667. The Labute approximate surface area is 46.6 Å². The van der Waals surface area contributed by atoms with Crippen molar-refractivity contribution in [1.82, 2.24) is 5.32 Å². The van der Waals surface area contributed by atoms with Crippen LogP contribution in [0.4, 0.5) is 4.79 Å². The van der Waals surface area contributed by atoms with Crippen LogP contribution in [0.5, 0.6) is 0 Å². The summed E-state index contributed by atoms with van der Waals surface area (Å²) >= 11 is -0.0706. The van der Waals surface area contributed by atoms with Gasteiger partial charge in [-0.1, -0.05) is 0 Å². The topological polar surface area (TPSA) is 29.1 Å². The van der Waals surface area contributed by atoms with Gasteiger partial charge in [-0.3, -0.25) is 0 Å². The molecular weight excluding hydrogens is 193 g/mol. The molecule has 1 saturated heterocycles. The average molecular weight is 198 g/mol. The summed E-state index contributed by atoms with van der Waals surface area (Å²) in [7, 11) is 0. The standard InChI is InChI=1S/C3H5INO/c6-3-4-1-2-5-3/h1-2H2,(H,5,6)/q-1. The van der Waals surface area contributed by atoms with Gasteiger partial charge in [0.05, 0.1) is 0 Å². The zero-order valence-corrected chi connectivity index (χ0v) is 5.36. The summed E-state index contributed by atoms with van der Waals surface area (Å²) in [5, 5.41) is 2.73. The van der Waals surface area contributed by atoms with E-state index in [1.165, 1.54) is 0 Å². The number of hydrogen-bond donors (Lipinski definition) is 1. The molecular formula is C3H5INO-. The normalized spacial score (nSPS) is 22.3. The molecule has 36 valence electrons. The molecule has 0 aromatic rings. The fourth-order valence-electron chi connectivity index (χ4n) is 0.326. The van der Waals surface area contributed by atoms with Crippen molar-refractivity contribution in [3.63, 3.8) is 0 Å². The molecule has 0 aromatic heterocycles. The van der Waals surface area contributed by atoms with E-state index in [1.54, 1.807) is 0 Å². The molecule has 3 heteroatoms. The Morgan fingerprint density at radius 1 is 1.83 bits per heavy atom. The van der Waals surface area contributed by atoms with Crippen LogP contribution in [0, 0.1) is 0 Å². The van der Waals surface area contributed by atoms with Crippen LogP contribution in [0.25, 0.3) is 0 Å². The molecule has 1 aliphatic heterocycles. The molecule has 0 saturated carbocycles. The van der Waals surface area contributed by atoms with Crippen molar-refractivity contribution in [3.05, 3.63) is 0 Å². The van der Waals surface area contributed by atoms with Gasteiger partial charge in [-0.25, -0.2) is 0 Å². The molecule has 0 atom stereocenters. The van der Waals surface area contributed by atoms with Crippen molar-refractivity contribution in [2.45, 2.75) is 0 Å². The third kappa shape index (κ3) is 0.830. The Balaban J connectivity index is 2.37. The Bertz CT molecular complexity index is 65.2. The van der Waals surface area contributed by atoms with Gasteiger partial charge in [0.1, 0.15) is 0 Å². The number of hydrogen-bond acceptors (Lipinski definition) is 1. The van der Waals surface area contributed by atoms with Gasteiger partial charge in [-0.15, -0.1) is 0 Å². The summed E-state index contributed by atoms with van der Waals surface area (Å²) < 4.78 is 1.45. The molecule has 1 fully saturated rings. The minimum atomic E-state index is -0.0706. The van der Waals surface area contributed by atoms with Crippen LogP contribution in [0.3, 0.4) is 0 Å². The molecule has 0 aliphatic carbocycles. The first-order valence-corrected chi connectivity index (χ1v) is 4.37. The number of halogens is 1. The molecule has 2 nitrogen and oxygen atoms in total. The Morgan fingerprint density at radius 3 is 2.83 bits per heavy atom. The Morgan fingerprint density at radius 2 is 2.67 bits per heavy atom. The van der Waals surface area contributed by atoms with E-state index in [4.69, 9.17) is 0 Å². The number of carbonyl (C=O) groups excluding carboxylic acids is 1. The number of nitrogens with one attached hydrogen (secondary N) is 1. The predicted molar refractivity (Wildman–Crippen MR) is 18.3 cm³/mol. The summed E-state index contributed by atoms with van der Waals surface area (Å²) in [6.45, 7) is 0.937. The first-order chi connectivity index (χ1) is 2.89. The van der Waals surface area contributed by atoms with Crippen LogP contribution in [-0.4, -0.2) is 14.9 Å². The van der Waals surface area contributed by atoms with Crippen LogP contribution >= 0.6 is 0 Å². The van der Waals surface area contributed by atoms with E-state index in [1.807, 2.05) is 0 Å². The van der Waals surface area contributed by atoms with E-state index in [0.717, 1.165) is 11.0 Å². The molecule has 1 amide bonds. The van der Waals surface area contributed by atoms with Crippen molar-refractivity contribution < 1.29 is 26.0 Å². The summed E-state index contributed by atoms with van der Waals surface area (Å²) in [6.07, 6.45) is 0. The van der Waals surface area contributed by atoms with E-state index in [-0.39, 0.29) is 21.2 Å². The van der Waals surface area contributed by atoms with Gasteiger partial charge >= 0.3 is 46.2 Å². The molecule has 1 heterocycles. The Hall–Kier alpha value is 0.200. The van der Waals surface area contributed by atoms with E-state index < -0.39 is 0 Å². The van der Waals surface area contributed by atoms with Gasteiger partial charge in [0, 0.05) is 0 Å².